The Kier molecular flexibility index (Phi) is 4.83. The molecule has 0 aliphatic carbocycles. The van der Waals surface area contributed by atoms with Crippen LogP contribution in [0.3, 0.4) is 0 Å². The molecule has 0 radical (unpaired) electrons. The van der Waals surface area contributed by atoms with Crippen LogP contribution in [-0.2, 0) is 6.42 Å². The highest BCUT2D eigenvalue weighted by Crippen LogP contribution is 2.42. The molecule has 0 amide bonds. The summed E-state index contributed by atoms with van der Waals surface area (Å²) in [5.74, 6) is -2.31. The lowest BCUT2D eigenvalue weighted by Crippen LogP contribution is -2.34. The smallest absolute Gasteiger partial charge is 0.319 e. The quantitative estimate of drug-likeness (QED) is 0.845. The van der Waals surface area contributed by atoms with E-state index in [9.17, 15) is 8.78 Å². The minimum absolute atomic E-state index is 0.207. The molecule has 26 heavy (non-hydrogen) atoms. The van der Waals surface area contributed by atoms with Gasteiger partial charge in [0, 0.05) is 36.8 Å². The van der Waals surface area contributed by atoms with Gasteiger partial charge in [0.2, 0.25) is 5.88 Å². The second-order valence-electron chi connectivity index (χ2n) is 7.11. The zero-order chi connectivity index (χ0) is 18.9. The molecule has 1 aliphatic rings. The average molecular weight is 367 g/mol. The van der Waals surface area contributed by atoms with Gasteiger partial charge in [-0.1, -0.05) is 13.8 Å². The lowest BCUT2D eigenvalue weighted by molar-refractivity contribution is -0.0667. The standard InChI is InChI=1S/C17H23F2N5O2/c1-16(2)9-24(10-17(16,18)19)6-5-11-7-13(23-22-11)12-8-20-15(26-4)21-14(12)25-3/h7-8H,5-6,9-10H2,1-4H3,(H,22,23). The summed E-state index contributed by atoms with van der Waals surface area (Å²) < 4.78 is 38.2. The average Bonchev–Trinajstić information content (AvgIpc) is 3.14. The highest BCUT2D eigenvalue weighted by Gasteiger charge is 2.53. The summed E-state index contributed by atoms with van der Waals surface area (Å²) in [5, 5.41) is 7.20. The number of nitrogens with zero attached hydrogens (tertiary/aromatic N) is 4. The van der Waals surface area contributed by atoms with Crippen molar-refractivity contribution in [2.45, 2.75) is 26.2 Å². The maximum atomic E-state index is 14.0. The van der Waals surface area contributed by atoms with Gasteiger partial charge in [-0.05, 0) is 6.07 Å². The number of likely N-dealkylation sites (tertiary alicyclic amines) is 1. The summed E-state index contributed by atoms with van der Waals surface area (Å²) in [6.07, 6.45) is 2.17. The first-order chi connectivity index (χ1) is 12.3. The largest absolute Gasteiger partial charge is 0.480 e. The highest BCUT2D eigenvalue weighted by molar-refractivity contribution is 5.64. The Hall–Kier alpha value is -2.29. The van der Waals surface area contributed by atoms with Crippen LogP contribution in [0.5, 0.6) is 11.9 Å². The second-order valence-corrected chi connectivity index (χ2v) is 7.11. The maximum Gasteiger partial charge on any atom is 0.319 e. The Morgan fingerprint density at radius 2 is 2.00 bits per heavy atom. The van der Waals surface area contributed by atoms with Crippen molar-refractivity contribution in [2.75, 3.05) is 33.9 Å². The Labute approximate surface area is 150 Å². The fraction of sp³-hybridized carbons (Fsp3) is 0.588. The normalized spacial score (nSPS) is 18.8. The third-order valence-electron chi connectivity index (χ3n) is 4.74. The molecular formula is C17H23F2N5O2. The minimum atomic E-state index is -2.67. The monoisotopic (exact) mass is 367 g/mol. The van der Waals surface area contributed by atoms with Gasteiger partial charge in [-0.2, -0.15) is 10.1 Å². The predicted octanol–water partition coefficient (Wildman–Crippen LogP) is 2.40. The zero-order valence-electron chi connectivity index (χ0n) is 15.3. The first kappa shape index (κ1) is 18.5. The molecule has 0 aromatic carbocycles. The predicted molar refractivity (Wildman–Crippen MR) is 91.6 cm³/mol. The molecule has 3 rings (SSSR count). The summed E-state index contributed by atoms with van der Waals surface area (Å²) in [6, 6.07) is 2.06. The number of nitrogens with one attached hydrogen (secondary N) is 1. The molecule has 1 aliphatic heterocycles. The number of alkyl halides is 2. The van der Waals surface area contributed by atoms with E-state index >= 15 is 0 Å². The van der Waals surface area contributed by atoms with Gasteiger partial charge in [-0.3, -0.25) is 10.00 Å². The van der Waals surface area contributed by atoms with E-state index in [1.807, 2.05) is 6.07 Å². The molecule has 3 heterocycles. The van der Waals surface area contributed by atoms with Crippen molar-refractivity contribution in [1.82, 2.24) is 25.1 Å². The first-order valence-corrected chi connectivity index (χ1v) is 8.35. The van der Waals surface area contributed by atoms with Crippen molar-refractivity contribution < 1.29 is 18.3 Å². The molecule has 0 unspecified atom stereocenters. The lowest BCUT2D eigenvalue weighted by Gasteiger charge is -2.24. The van der Waals surface area contributed by atoms with E-state index in [-0.39, 0.29) is 12.6 Å². The molecule has 0 atom stereocenters. The minimum Gasteiger partial charge on any atom is -0.480 e. The van der Waals surface area contributed by atoms with Gasteiger partial charge in [0.15, 0.2) is 0 Å². The number of aromatic nitrogens is 4. The summed E-state index contributed by atoms with van der Waals surface area (Å²) in [7, 11) is 2.98. The van der Waals surface area contributed by atoms with E-state index in [2.05, 4.69) is 20.2 Å². The van der Waals surface area contributed by atoms with Crippen LogP contribution < -0.4 is 9.47 Å². The van der Waals surface area contributed by atoms with E-state index < -0.39 is 11.3 Å². The molecule has 0 saturated carbocycles. The number of H-pyrrole nitrogens is 1. The summed E-state index contributed by atoms with van der Waals surface area (Å²) >= 11 is 0. The van der Waals surface area contributed by atoms with Crippen LogP contribution in [0.15, 0.2) is 12.3 Å². The zero-order valence-corrected chi connectivity index (χ0v) is 15.3. The van der Waals surface area contributed by atoms with Gasteiger partial charge in [-0.25, -0.2) is 13.8 Å². The van der Waals surface area contributed by atoms with E-state index in [4.69, 9.17) is 9.47 Å². The van der Waals surface area contributed by atoms with Crippen molar-refractivity contribution in [2.24, 2.45) is 5.41 Å². The van der Waals surface area contributed by atoms with E-state index in [1.165, 1.54) is 14.2 Å². The lowest BCUT2D eigenvalue weighted by atomic mass is 9.89. The van der Waals surface area contributed by atoms with Crippen molar-refractivity contribution in [1.29, 1.82) is 0 Å². The van der Waals surface area contributed by atoms with Gasteiger partial charge in [0.05, 0.1) is 32.0 Å². The third kappa shape index (κ3) is 3.48. The van der Waals surface area contributed by atoms with Crippen molar-refractivity contribution in [3.05, 3.63) is 18.0 Å². The van der Waals surface area contributed by atoms with Gasteiger partial charge >= 0.3 is 6.01 Å². The fourth-order valence-electron chi connectivity index (χ4n) is 3.07. The molecule has 1 N–H and O–H groups in total. The van der Waals surface area contributed by atoms with Crippen molar-refractivity contribution >= 4 is 0 Å². The number of ether oxygens (including phenoxy) is 2. The highest BCUT2D eigenvalue weighted by atomic mass is 19.3. The number of methoxy groups -OCH3 is 2. The molecule has 2 aromatic rings. The number of halogens is 2. The van der Waals surface area contributed by atoms with Gasteiger partial charge in [0.1, 0.15) is 0 Å². The molecule has 9 heteroatoms. The topological polar surface area (TPSA) is 76.2 Å². The van der Waals surface area contributed by atoms with Crippen molar-refractivity contribution in [3.8, 4) is 23.1 Å². The van der Waals surface area contributed by atoms with Crippen LogP contribution >= 0.6 is 0 Å². The molecule has 142 valence electrons. The number of aromatic amines is 1. The van der Waals surface area contributed by atoms with Gasteiger partial charge < -0.3 is 9.47 Å². The molecule has 1 saturated heterocycles. The van der Waals surface area contributed by atoms with E-state index in [1.54, 1.807) is 24.9 Å². The molecular weight excluding hydrogens is 344 g/mol. The Balaban J connectivity index is 1.68. The Morgan fingerprint density at radius 3 is 2.62 bits per heavy atom. The molecule has 0 bridgehead atoms. The molecule has 0 spiro atoms. The fourth-order valence-corrected chi connectivity index (χ4v) is 3.07. The molecule has 1 fully saturated rings. The van der Waals surface area contributed by atoms with Crippen LogP contribution in [0.1, 0.15) is 19.5 Å². The van der Waals surface area contributed by atoms with Gasteiger partial charge in [-0.15, -0.1) is 0 Å². The SMILES string of the molecule is COc1ncc(-c2cc(CCN3CC(C)(C)C(F)(F)C3)[nH]n2)c(OC)n1. The van der Waals surface area contributed by atoms with Crippen molar-refractivity contribution in [3.63, 3.8) is 0 Å². The maximum absolute atomic E-state index is 14.0. The summed E-state index contributed by atoms with van der Waals surface area (Å²) in [6.45, 7) is 3.92. The Bertz CT molecular complexity index is 762. The molecule has 2 aromatic heterocycles. The summed E-state index contributed by atoms with van der Waals surface area (Å²) in [5.41, 5.74) is 1.11. The van der Waals surface area contributed by atoms with Crippen LogP contribution in [0.4, 0.5) is 8.78 Å². The van der Waals surface area contributed by atoms with E-state index in [0.29, 0.717) is 36.6 Å². The molecule has 7 nitrogen and oxygen atoms in total. The van der Waals surface area contributed by atoms with Crippen LogP contribution in [0.2, 0.25) is 0 Å². The number of rotatable bonds is 6. The van der Waals surface area contributed by atoms with Crippen LogP contribution in [-0.4, -0.2) is 64.8 Å². The van der Waals surface area contributed by atoms with E-state index in [0.717, 1.165) is 5.69 Å². The number of hydrogen-bond acceptors (Lipinski definition) is 6. The Morgan fingerprint density at radius 1 is 1.23 bits per heavy atom. The number of hydrogen-bond donors (Lipinski definition) is 1. The van der Waals surface area contributed by atoms with Crippen LogP contribution in [0.25, 0.3) is 11.3 Å². The van der Waals surface area contributed by atoms with Gasteiger partial charge in [0.25, 0.3) is 5.92 Å². The third-order valence-corrected chi connectivity index (χ3v) is 4.74. The first-order valence-electron chi connectivity index (χ1n) is 8.35. The second kappa shape index (κ2) is 6.79. The summed E-state index contributed by atoms with van der Waals surface area (Å²) in [4.78, 5) is 10.00. The van der Waals surface area contributed by atoms with Crippen LogP contribution in [0, 0.1) is 5.41 Å².